The maximum Gasteiger partial charge on any atom is 0.198 e. The lowest BCUT2D eigenvalue weighted by Gasteiger charge is -2.22. The minimum atomic E-state index is -0.675. The van der Waals surface area contributed by atoms with E-state index in [1.54, 1.807) is 0 Å². The Bertz CT molecular complexity index is 420. The molecule has 0 amide bonds. The van der Waals surface area contributed by atoms with Crippen molar-refractivity contribution in [1.82, 2.24) is 0 Å². The Balaban J connectivity index is 2.24. The van der Waals surface area contributed by atoms with Crippen molar-refractivity contribution < 1.29 is 14.3 Å². The second kappa shape index (κ2) is 5.53. The highest BCUT2D eigenvalue weighted by Crippen LogP contribution is 2.32. The zero-order chi connectivity index (χ0) is 13.0. The van der Waals surface area contributed by atoms with Gasteiger partial charge in [0.15, 0.2) is 5.78 Å². The number of ether oxygens (including phenoxy) is 2. The molecule has 0 spiro atoms. The van der Waals surface area contributed by atoms with E-state index >= 15 is 0 Å². The Morgan fingerprint density at radius 3 is 2.89 bits per heavy atom. The minimum absolute atomic E-state index is 0.0340. The molecule has 1 unspecified atom stereocenters. The third kappa shape index (κ3) is 2.56. The zero-order valence-electron chi connectivity index (χ0n) is 11.1. The fourth-order valence-electron chi connectivity index (χ4n) is 2.24. The van der Waals surface area contributed by atoms with Crippen LogP contribution in [0.15, 0.2) is 24.3 Å². The molecule has 0 saturated carbocycles. The summed E-state index contributed by atoms with van der Waals surface area (Å²) in [5, 5.41) is 0. The van der Waals surface area contributed by atoms with Gasteiger partial charge in [0.05, 0.1) is 12.2 Å². The molecule has 0 N–H and O–H groups in total. The van der Waals surface area contributed by atoms with Gasteiger partial charge in [-0.3, -0.25) is 4.79 Å². The molecule has 3 nitrogen and oxygen atoms in total. The second-order valence-electron chi connectivity index (χ2n) is 4.86. The van der Waals surface area contributed by atoms with Crippen molar-refractivity contribution in [3.05, 3.63) is 29.8 Å². The summed E-state index contributed by atoms with van der Waals surface area (Å²) in [6.45, 7) is 5.22. The predicted molar refractivity (Wildman–Crippen MR) is 70.1 cm³/mol. The number of benzene rings is 1. The largest absolute Gasteiger partial charge is 0.493 e. The highest BCUT2D eigenvalue weighted by Gasteiger charge is 2.39. The number of hydrogen-bond acceptors (Lipinski definition) is 3. The fraction of sp³-hybridized carbons (Fsp3) is 0.533. The number of rotatable bonds is 5. The smallest absolute Gasteiger partial charge is 0.198 e. The van der Waals surface area contributed by atoms with Gasteiger partial charge >= 0.3 is 0 Å². The SMILES string of the molecule is CCCOc1ccccc1C(=O)C1(C)CCCO1. The van der Waals surface area contributed by atoms with Gasteiger partial charge in [-0.1, -0.05) is 19.1 Å². The van der Waals surface area contributed by atoms with E-state index in [4.69, 9.17) is 9.47 Å². The monoisotopic (exact) mass is 248 g/mol. The van der Waals surface area contributed by atoms with Crippen LogP contribution in [0.2, 0.25) is 0 Å². The third-order valence-corrected chi connectivity index (χ3v) is 3.29. The minimum Gasteiger partial charge on any atom is -0.493 e. The maximum absolute atomic E-state index is 12.5. The summed E-state index contributed by atoms with van der Waals surface area (Å²) in [5.41, 5.74) is -0.0403. The third-order valence-electron chi connectivity index (χ3n) is 3.29. The summed E-state index contributed by atoms with van der Waals surface area (Å²) in [6, 6.07) is 7.42. The molecule has 1 aliphatic rings. The molecule has 2 rings (SSSR count). The lowest BCUT2D eigenvalue weighted by Crippen LogP contribution is -2.34. The van der Waals surface area contributed by atoms with Crippen molar-refractivity contribution in [3.63, 3.8) is 0 Å². The summed E-state index contributed by atoms with van der Waals surface area (Å²) in [4.78, 5) is 12.5. The molecule has 1 saturated heterocycles. The molecule has 1 aromatic rings. The van der Waals surface area contributed by atoms with E-state index in [2.05, 4.69) is 0 Å². The van der Waals surface area contributed by atoms with Crippen molar-refractivity contribution in [2.75, 3.05) is 13.2 Å². The van der Waals surface area contributed by atoms with Crippen molar-refractivity contribution in [1.29, 1.82) is 0 Å². The topological polar surface area (TPSA) is 35.5 Å². The van der Waals surface area contributed by atoms with E-state index in [0.29, 0.717) is 24.5 Å². The summed E-state index contributed by atoms with van der Waals surface area (Å²) in [7, 11) is 0. The van der Waals surface area contributed by atoms with Crippen LogP contribution in [0.1, 0.15) is 43.5 Å². The van der Waals surface area contributed by atoms with E-state index in [9.17, 15) is 4.79 Å². The van der Waals surface area contributed by atoms with Gasteiger partial charge in [0.1, 0.15) is 11.4 Å². The molecule has 98 valence electrons. The van der Waals surface area contributed by atoms with Gasteiger partial charge in [0.25, 0.3) is 0 Å². The van der Waals surface area contributed by atoms with Gasteiger partial charge in [0.2, 0.25) is 0 Å². The fourth-order valence-corrected chi connectivity index (χ4v) is 2.24. The van der Waals surface area contributed by atoms with Crippen molar-refractivity contribution in [2.24, 2.45) is 0 Å². The van der Waals surface area contributed by atoms with Crippen LogP contribution >= 0.6 is 0 Å². The highest BCUT2D eigenvalue weighted by molar-refractivity contribution is 6.04. The molecule has 0 aromatic heterocycles. The van der Waals surface area contributed by atoms with Crippen LogP contribution in [0.3, 0.4) is 0 Å². The molecule has 0 bridgehead atoms. The molecule has 3 heteroatoms. The molecule has 1 heterocycles. The van der Waals surface area contributed by atoms with Gasteiger partial charge in [-0.25, -0.2) is 0 Å². The molecule has 1 atom stereocenters. The Labute approximate surface area is 108 Å². The first-order valence-electron chi connectivity index (χ1n) is 6.58. The molecule has 1 fully saturated rings. The molecule has 0 radical (unpaired) electrons. The Hall–Kier alpha value is -1.35. The van der Waals surface area contributed by atoms with Crippen LogP contribution in [0, 0.1) is 0 Å². The number of hydrogen-bond donors (Lipinski definition) is 0. The lowest BCUT2D eigenvalue weighted by molar-refractivity contribution is 0.0210. The van der Waals surface area contributed by atoms with Crippen LogP contribution in [0.25, 0.3) is 0 Å². The van der Waals surface area contributed by atoms with Crippen LogP contribution < -0.4 is 4.74 Å². The van der Waals surface area contributed by atoms with E-state index < -0.39 is 5.60 Å². The summed E-state index contributed by atoms with van der Waals surface area (Å²) in [6.07, 6.45) is 2.66. The number of ketones is 1. The van der Waals surface area contributed by atoms with Gasteiger partial charge in [-0.15, -0.1) is 0 Å². The van der Waals surface area contributed by atoms with Crippen molar-refractivity contribution in [2.45, 2.75) is 38.7 Å². The zero-order valence-corrected chi connectivity index (χ0v) is 11.1. The number of carbonyl (C=O) groups excluding carboxylic acids is 1. The number of Topliss-reactive ketones (excluding diaryl/α,β-unsaturated/α-hetero) is 1. The number of carbonyl (C=O) groups is 1. The first-order chi connectivity index (χ1) is 8.67. The van der Waals surface area contributed by atoms with Crippen LogP contribution in [-0.4, -0.2) is 24.6 Å². The standard InChI is InChI=1S/C15H20O3/c1-3-10-17-13-8-5-4-7-12(13)14(16)15(2)9-6-11-18-15/h4-5,7-8H,3,6,9-11H2,1-2H3. The average Bonchev–Trinajstić information content (AvgIpc) is 2.84. The van der Waals surface area contributed by atoms with Crippen LogP contribution in [-0.2, 0) is 4.74 Å². The first-order valence-corrected chi connectivity index (χ1v) is 6.58. The van der Waals surface area contributed by atoms with E-state index in [1.807, 2.05) is 38.1 Å². The lowest BCUT2D eigenvalue weighted by atomic mass is 9.91. The average molecular weight is 248 g/mol. The van der Waals surface area contributed by atoms with Crippen molar-refractivity contribution in [3.8, 4) is 5.75 Å². The van der Waals surface area contributed by atoms with Crippen LogP contribution in [0.5, 0.6) is 5.75 Å². The maximum atomic E-state index is 12.5. The second-order valence-corrected chi connectivity index (χ2v) is 4.86. The highest BCUT2D eigenvalue weighted by atomic mass is 16.5. The molecular weight excluding hydrogens is 228 g/mol. The molecule has 1 aromatic carbocycles. The summed E-state index contributed by atoms with van der Waals surface area (Å²) < 4.78 is 11.2. The van der Waals surface area contributed by atoms with E-state index in [0.717, 1.165) is 19.3 Å². The van der Waals surface area contributed by atoms with Gasteiger partial charge in [0, 0.05) is 6.61 Å². The van der Waals surface area contributed by atoms with Crippen molar-refractivity contribution >= 4 is 5.78 Å². The molecule has 18 heavy (non-hydrogen) atoms. The van der Waals surface area contributed by atoms with Gasteiger partial charge in [-0.05, 0) is 38.3 Å². The van der Waals surface area contributed by atoms with Crippen LogP contribution in [0.4, 0.5) is 0 Å². The molecular formula is C15H20O3. The first kappa shape index (κ1) is 13.1. The molecule has 1 aliphatic heterocycles. The molecule has 0 aliphatic carbocycles. The Kier molecular flexibility index (Phi) is 4.02. The summed E-state index contributed by atoms with van der Waals surface area (Å²) >= 11 is 0. The van der Waals surface area contributed by atoms with E-state index in [-0.39, 0.29) is 5.78 Å². The quantitative estimate of drug-likeness (QED) is 0.750. The van der Waals surface area contributed by atoms with Gasteiger partial charge in [-0.2, -0.15) is 0 Å². The van der Waals surface area contributed by atoms with E-state index in [1.165, 1.54) is 0 Å². The Morgan fingerprint density at radius 2 is 2.22 bits per heavy atom. The Morgan fingerprint density at radius 1 is 1.44 bits per heavy atom. The number of para-hydroxylation sites is 1. The van der Waals surface area contributed by atoms with Gasteiger partial charge < -0.3 is 9.47 Å². The normalized spacial score (nSPS) is 23.0. The summed E-state index contributed by atoms with van der Waals surface area (Å²) in [5.74, 6) is 0.702. The predicted octanol–water partition coefficient (Wildman–Crippen LogP) is 3.23.